The molecule has 16 heavy (non-hydrogen) atoms. The predicted octanol–water partition coefficient (Wildman–Crippen LogP) is 3.20. The van der Waals surface area contributed by atoms with Gasteiger partial charge in [-0.1, -0.05) is 12.2 Å². The van der Waals surface area contributed by atoms with Crippen molar-refractivity contribution in [2.24, 2.45) is 0 Å². The SMILES string of the molecule is CC(C)N1C(=S)Cc2cc(F)c(F)c(F)c21. The summed E-state index contributed by atoms with van der Waals surface area (Å²) in [4.78, 5) is 2.02. The van der Waals surface area contributed by atoms with Crippen LogP contribution in [0.15, 0.2) is 6.07 Å². The second-order valence-electron chi connectivity index (χ2n) is 4.03. The molecule has 1 aromatic rings. The summed E-state index contributed by atoms with van der Waals surface area (Å²) in [6, 6.07) is 0.940. The van der Waals surface area contributed by atoms with Gasteiger partial charge in [-0.3, -0.25) is 0 Å². The highest BCUT2D eigenvalue weighted by Crippen LogP contribution is 2.36. The lowest BCUT2D eigenvalue weighted by Gasteiger charge is -2.24. The van der Waals surface area contributed by atoms with Gasteiger partial charge in [0, 0.05) is 12.5 Å². The van der Waals surface area contributed by atoms with Crippen LogP contribution in [0.4, 0.5) is 18.9 Å². The maximum absolute atomic E-state index is 13.6. The molecule has 0 saturated heterocycles. The molecule has 0 fully saturated rings. The van der Waals surface area contributed by atoms with Gasteiger partial charge in [-0.15, -0.1) is 0 Å². The standard InChI is InChI=1S/C11H10F3NS/c1-5(2)15-8(16)4-6-3-7(12)9(13)10(14)11(6)15/h3,5H,4H2,1-2H3. The molecule has 1 aliphatic rings. The molecule has 1 aromatic carbocycles. The van der Waals surface area contributed by atoms with E-state index >= 15 is 0 Å². The van der Waals surface area contributed by atoms with Gasteiger partial charge in [0.2, 0.25) is 0 Å². The Kier molecular flexibility index (Phi) is 2.66. The molecule has 1 aliphatic heterocycles. The van der Waals surface area contributed by atoms with Crippen molar-refractivity contribution in [1.29, 1.82) is 0 Å². The molecule has 0 amide bonds. The van der Waals surface area contributed by atoms with Crippen molar-refractivity contribution in [3.8, 4) is 0 Å². The average Bonchev–Trinajstić information content (AvgIpc) is 2.51. The van der Waals surface area contributed by atoms with E-state index in [0.717, 1.165) is 6.07 Å². The molecule has 0 saturated carbocycles. The summed E-state index contributed by atoms with van der Waals surface area (Å²) in [6.45, 7) is 3.64. The van der Waals surface area contributed by atoms with Gasteiger partial charge >= 0.3 is 0 Å². The fraction of sp³-hybridized carbons (Fsp3) is 0.364. The summed E-state index contributed by atoms with van der Waals surface area (Å²) >= 11 is 5.08. The number of rotatable bonds is 1. The Hall–Kier alpha value is -1.10. The summed E-state index contributed by atoms with van der Waals surface area (Å²) in [7, 11) is 0. The van der Waals surface area contributed by atoms with Crippen LogP contribution in [0, 0.1) is 17.5 Å². The van der Waals surface area contributed by atoms with E-state index in [2.05, 4.69) is 0 Å². The maximum atomic E-state index is 13.6. The minimum atomic E-state index is -1.44. The van der Waals surface area contributed by atoms with Gasteiger partial charge in [0.25, 0.3) is 0 Å². The monoisotopic (exact) mass is 245 g/mol. The molecule has 0 N–H and O–H groups in total. The van der Waals surface area contributed by atoms with Gasteiger partial charge in [0.05, 0.1) is 10.7 Å². The molecule has 86 valence electrons. The van der Waals surface area contributed by atoms with Gasteiger partial charge in [0.1, 0.15) is 0 Å². The fourth-order valence-corrected chi connectivity index (χ4v) is 2.41. The lowest BCUT2D eigenvalue weighted by atomic mass is 10.1. The second-order valence-corrected chi connectivity index (χ2v) is 4.50. The summed E-state index contributed by atoms with van der Waals surface area (Å²) in [5.41, 5.74) is 0.494. The van der Waals surface area contributed by atoms with Crippen LogP contribution in [0.3, 0.4) is 0 Å². The molecule has 5 heteroatoms. The zero-order valence-electron chi connectivity index (χ0n) is 8.85. The number of nitrogens with zero attached hydrogens (tertiary/aromatic N) is 1. The number of thiocarbonyl (C=S) groups is 1. The smallest absolute Gasteiger partial charge is 0.196 e. The van der Waals surface area contributed by atoms with Crippen LogP contribution in [0.5, 0.6) is 0 Å². The van der Waals surface area contributed by atoms with Crippen molar-refractivity contribution in [3.05, 3.63) is 29.1 Å². The third kappa shape index (κ3) is 1.50. The van der Waals surface area contributed by atoms with Crippen LogP contribution in [-0.4, -0.2) is 11.0 Å². The van der Waals surface area contributed by atoms with E-state index in [1.807, 2.05) is 13.8 Å². The Bertz CT molecular complexity index is 471. The molecule has 1 heterocycles. The van der Waals surface area contributed by atoms with E-state index < -0.39 is 17.5 Å². The topological polar surface area (TPSA) is 3.24 Å². The Labute approximate surface area is 96.9 Å². The molecule has 0 bridgehead atoms. The summed E-state index contributed by atoms with van der Waals surface area (Å²) in [6.07, 6.45) is 0.289. The Morgan fingerprint density at radius 2 is 1.88 bits per heavy atom. The minimum Gasteiger partial charge on any atom is -0.330 e. The van der Waals surface area contributed by atoms with E-state index in [-0.39, 0.29) is 18.2 Å². The van der Waals surface area contributed by atoms with Crippen LogP contribution < -0.4 is 4.90 Å². The molecule has 0 aromatic heterocycles. The third-order valence-corrected chi connectivity index (χ3v) is 2.92. The van der Waals surface area contributed by atoms with E-state index in [1.165, 1.54) is 4.90 Å². The van der Waals surface area contributed by atoms with Gasteiger partial charge < -0.3 is 4.90 Å². The first-order valence-corrected chi connectivity index (χ1v) is 5.32. The quantitative estimate of drug-likeness (QED) is 0.552. The van der Waals surface area contributed by atoms with Crippen molar-refractivity contribution >= 4 is 22.9 Å². The lowest BCUT2D eigenvalue weighted by molar-refractivity contribution is 0.446. The number of anilines is 1. The fourth-order valence-electron chi connectivity index (χ4n) is 1.95. The van der Waals surface area contributed by atoms with E-state index in [0.29, 0.717) is 10.6 Å². The van der Waals surface area contributed by atoms with Gasteiger partial charge in [-0.25, -0.2) is 13.2 Å². The highest BCUT2D eigenvalue weighted by atomic mass is 32.1. The molecule has 0 aliphatic carbocycles. The van der Waals surface area contributed by atoms with Crippen LogP contribution >= 0.6 is 12.2 Å². The Balaban J connectivity index is 2.65. The Morgan fingerprint density at radius 1 is 1.25 bits per heavy atom. The number of fused-ring (bicyclic) bond motifs is 1. The van der Waals surface area contributed by atoms with Gasteiger partial charge in [-0.2, -0.15) is 0 Å². The van der Waals surface area contributed by atoms with Gasteiger partial charge in [0.15, 0.2) is 17.5 Å². The zero-order valence-corrected chi connectivity index (χ0v) is 9.67. The van der Waals surface area contributed by atoms with E-state index in [4.69, 9.17) is 12.2 Å². The summed E-state index contributed by atoms with van der Waals surface area (Å²) < 4.78 is 39.8. The number of hydrogen-bond donors (Lipinski definition) is 0. The van der Waals surface area contributed by atoms with E-state index in [1.54, 1.807) is 0 Å². The molecule has 1 nitrogen and oxygen atoms in total. The first-order valence-electron chi connectivity index (χ1n) is 4.92. The lowest BCUT2D eigenvalue weighted by Crippen LogP contribution is -2.33. The Morgan fingerprint density at radius 3 is 2.44 bits per heavy atom. The maximum Gasteiger partial charge on any atom is 0.196 e. The molecule has 0 radical (unpaired) electrons. The van der Waals surface area contributed by atoms with Crippen LogP contribution in [0.25, 0.3) is 0 Å². The van der Waals surface area contributed by atoms with Crippen molar-refractivity contribution in [2.75, 3.05) is 4.90 Å². The minimum absolute atomic E-state index is 0.0758. The third-order valence-electron chi connectivity index (χ3n) is 2.58. The van der Waals surface area contributed by atoms with Crippen molar-refractivity contribution < 1.29 is 13.2 Å². The highest BCUT2D eigenvalue weighted by Gasteiger charge is 2.32. The largest absolute Gasteiger partial charge is 0.330 e. The number of benzene rings is 1. The average molecular weight is 245 g/mol. The highest BCUT2D eigenvalue weighted by molar-refractivity contribution is 7.80. The predicted molar refractivity (Wildman–Crippen MR) is 60.2 cm³/mol. The second kappa shape index (κ2) is 3.73. The summed E-state index contributed by atoms with van der Waals surface area (Å²) in [5, 5.41) is 0. The first kappa shape index (κ1) is 11.4. The first-order chi connectivity index (χ1) is 7.43. The zero-order chi connectivity index (χ0) is 12.0. The van der Waals surface area contributed by atoms with Crippen molar-refractivity contribution in [3.63, 3.8) is 0 Å². The van der Waals surface area contributed by atoms with Crippen molar-refractivity contribution in [2.45, 2.75) is 26.3 Å². The van der Waals surface area contributed by atoms with Crippen LogP contribution in [0.1, 0.15) is 19.4 Å². The normalized spacial score (nSPS) is 14.9. The number of halogens is 3. The van der Waals surface area contributed by atoms with Crippen LogP contribution in [-0.2, 0) is 6.42 Å². The molecule has 0 unspecified atom stereocenters. The van der Waals surface area contributed by atoms with Gasteiger partial charge in [-0.05, 0) is 25.5 Å². The number of hydrogen-bond acceptors (Lipinski definition) is 1. The summed E-state index contributed by atoms with van der Waals surface area (Å²) in [5.74, 6) is -3.75. The van der Waals surface area contributed by atoms with Crippen LogP contribution in [0.2, 0.25) is 0 Å². The van der Waals surface area contributed by atoms with E-state index in [9.17, 15) is 13.2 Å². The molecule has 0 spiro atoms. The molecule has 0 atom stereocenters. The molecular weight excluding hydrogens is 235 g/mol. The molecule has 2 rings (SSSR count). The molecular formula is C11H10F3NS. The van der Waals surface area contributed by atoms with Crippen molar-refractivity contribution in [1.82, 2.24) is 0 Å².